The Balaban J connectivity index is 3.44. The van der Waals surface area contributed by atoms with Crippen LogP contribution >= 0.6 is 11.8 Å². The molecule has 0 aliphatic carbocycles. The third-order valence-corrected chi connectivity index (χ3v) is 3.32. The highest BCUT2D eigenvalue weighted by molar-refractivity contribution is 7.99. The van der Waals surface area contributed by atoms with Crippen LogP contribution in [0.25, 0.3) is 0 Å². The zero-order valence-corrected chi connectivity index (χ0v) is 10.5. The normalized spacial score (nSPS) is 12.5. The third-order valence-electron chi connectivity index (χ3n) is 2.16. The lowest BCUT2D eigenvalue weighted by Gasteiger charge is -2.25. The average molecular weight is 204 g/mol. The van der Waals surface area contributed by atoms with E-state index in [4.69, 9.17) is 0 Å². The molecule has 1 N–H and O–H groups in total. The van der Waals surface area contributed by atoms with E-state index in [0.717, 1.165) is 13.1 Å². The van der Waals surface area contributed by atoms with Crippen molar-refractivity contribution in [3.8, 4) is 0 Å². The predicted octanol–water partition coefficient (Wildman–Crippen LogP) is 2.02. The first-order valence-electron chi connectivity index (χ1n) is 5.00. The Bertz CT molecular complexity index is 126. The van der Waals surface area contributed by atoms with Gasteiger partial charge in [0, 0.05) is 13.1 Å². The second-order valence-electron chi connectivity index (χ2n) is 3.94. The molecular formula is C10H24N2S. The van der Waals surface area contributed by atoms with Gasteiger partial charge in [0.25, 0.3) is 0 Å². The molecule has 0 amide bonds. The van der Waals surface area contributed by atoms with Gasteiger partial charge in [-0.1, -0.05) is 6.92 Å². The predicted molar refractivity (Wildman–Crippen MR) is 63.4 cm³/mol. The van der Waals surface area contributed by atoms with Crippen LogP contribution in [-0.4, -0.2) is 42.7 Å². The Morgan fingerprint density at radius 2 is 1.92 bits per heavy atom. The molecule has 3 heteroatoms. The summed E-state index contributed by atoms with van der Waals surface area (Å²) < 4.78 is 0. The van der Waals surface area contributed by atoms with Gasteiger partial charge in [-0.3, -0.25) is 0 Å². The van der Waals surface area contributed by atoms with E-state index in [0.29, 0.717) is 0 Å². The number of hydrogen-bond acceptors (Lipinski definition) is 3. The van der Waals surface area contributed by atoms with E-state index >= 15 is 0 Å². The van der Waals surface area contributed by atoms with Gasteiger partial charge in [-0.2, -0.15) is 0 Å². The van der Waals surface area contributed by atoms with E-state index in [1.165, 1.54) is 13.0 Å². The van der Waals surface area contributed by atoms with Crippen molar-refractivity contribution in [2.45, 2.75) is 32.1 Å². The summed E-state index contributed by atoms with van der Waals surface area (Å²) in [6.45, 7) is 10.1. The summed E-state index contributed by atoms with van der Waals surface area (Å²) in [5.74, 6) is 0. The Morgan fingerprint density at radius 1 is 1.31 bits per heavy atom. The molecule has 0 heterocycles. The number of thioether (sulfide) groups is 1. The standard InChI is InChI=1S/C10H24N2S/c1-6-8-12(4)9-7-11-10(2,3)13-5/h11H,6-9H2,1-5H3. The molecule has 13 heavy (non-hydrogen) atoms. The molecule has 0 saturated heterocycles. The molecule has 0 saturated carbocycles. The fourth-order valence-corrected chi connectivity index (χ4v) is 1.36. The molecule has 80 valence electrons. The minimum atomic E-state index is 0.215. The second kappa shape index (κ2) is 6.68. The van der Waals surface area contributed by atoms with Crippen molar-refractivity contribution in [1.29, 1.82) is 0 Å². The Kier molecular flexibility index (Phi) is 6.82. The quantitative estimate of drug-likeness (QED) is 0.639. The minimum Gasteiger partial charge on any atom is -0.305 e. The molecule has 0 atom stereocenters. The zero-order chi connectivity index (χ0) is 10.3. The first-order chi connectivity index (χ1) is 6.02. The average Bonchev–Trinajstić information content (AvgIpc) is 2.05. The van der Waals surface area contributed by atoms with E-state index in [-0.39, 0.29) is 4.87 Å². The number of likely N-dealkylation sites (N-methyl/N-ethyl adjacent to an activating group) is 1. The molecule has 0 radical (unpaired) electrons. The van der Waals surface area contributed by atoms with Crippen LogP contribution in [0.3, 0.4) is 0 Å². The van der Waals surface area contributed by atoms with Gasteiger partial charge in [0.05, 0.1) is 4.87 Å². The summed E-state index contributed by atoms with van der Waals surface area (Å²) in [6.07, 6.45) is 3.38. The minimum absolute atomic E-state index is 0.215. The maximum atomic E-state index is 3.52. The van der Waals surface area contributed by atoms with E-state index in [2.05, 4.69) is 44.3 Å². The van der Waals surface area contributed by atoms with Crippen LogP contribution in [0, 0.1) is 0 Å². The fraction of sp³-hybridized carbons (Fsp3) is 1.00. The summed E-state index contributed by atoms with van der Waals surface area (Å²) in [5.41, 5.74) is 0. The molecule has 0 aromatic rings. The molecule has 0 aromatic heterocycles. The van der Waals surface area contributed by atoms with Gasteiger partial charge in [-0.15, -0.1) is 11.8 Å². The van der Waals surface area contributed by atoms with E-state index in [9.17, 15) is 0 Å². The van der Waals surface area contributed by atoms with Gasteiger partial charge >= 0.3 is 0 Å². The van der Waals surface area contributed by atoms with E-state index < -0.39 is 0 Å². The molecular weight excluding hydrogens is 180 g/mol. The van der Waals surface area contributed by atoms with E-state index in [1.807, 2.05) is 11.8 Å². The lowest BCUT2D eigenvalue weighted by molar-refractivity contribution is 0.324. The van der Waals surface area contributed by atoms with Gasteiger partial charge in [-0.05, 0) is 40.1 Å². The van der Waals surface area contributed by atoms with Gasteiger partial charge in [0.2, 0.25) is 0 Å². The van der Waals surface area contributed by atoms with Crippen molar-refractivity contribution in [1.82, 2.24) is 10.2 Å². The van der Waals surface area contributed by atoms with Crippen molar-refractivity contribution in [2.75, 3.05) is 32.9 Å². The van der Waals surface area contributed by atoms with Crippen LogP contribution in [-0.2, 0) is 0 Å². The van der Waals surface area contributed by atoms with Crippen LogP contribution in [0.4, 0.5) is 0 Å². The molecule has 0 fully saturated rings. The lowest BCUT2D eigenvalue weighted by atomic mass is 10.3. The lowest BCUT2D eigenvalue weighted by Crippen LogP contribution is -2.40. The first kappa shape index (κ1) is 13.3. The van der Waals surface area contributed by atoms with E-state index in [1.54, 1.807) is 0 Å². The Morgan fingerprint density at radius 3 is 2.38 bits per heavy atom. The monoisotopic (exact) mass is 204 g/mol. The van der Waals surface area contributed by atoms with Crippen LogP contribution in [0.5, 0.6) is 0 Å². The van der Waals surface area contributed by atoms with Crippen molar-refractivity contribution in [2.24, 2.45) is 0 Å². The summed E-state index contributed by atoms with van der Waals surface area (Å²) in [6, 6.07) is 0. The van der Waals surface area contributed by atoms with Crippen molar-refractivity contribution in [3.63, 3.8) is 0 Å². The van der Waals surface area contributed by atoms with Crippen molar-refractivity contribution < 1.29 is 0 Å². The smallest absolute Gasteiger partial charge is 0.0585 e. The topological polar surface area (TPSA) is 15.3 Å². The molecule has 0 rings (SSSR count). The largest absolute Gasteiger partial charge is 0.305 e. The summed E-state index contributed by atoms with van der Waals surface area (Å²) in [7, 11) is 2.18. The molecule has 0 bridgehead atoms. The summed E-state index contributed by atoms with van der Waals surface area (Å²) in [4.78, 5) is 2.58. The maximum Gasteiger partial charge on any atom is 0.0585 e. The SMILES string of the molecule is CCCN(C)CCNC(C)(C)SC. The number of nitrogens with zero attached hydrogens (tertiary/aromatic N) is 1. The van der Waals surface area contributed by atoms with Crippen LogP contribution in [0.2, 0.25) is 0 Å². The highest BCUT2D eigenvalue weighted by atomic mass is 32.2. The van der Waals surface area contributed by atoms with Gasteiger partial charge in [0.15, 0.2) is 0 Å². The van der Waals surface area contributed by atoms with Crippen LogP contribution in [0.15, 0.2) is 0 Å². The van der Waals surface area contributed by atoms with Crippen molar-refractivity contribution in [3.05, 3.63) is 0 Å². The zero-order valence-electron chi connectivity index (χ0n) is 9.68. The Labute approximate surface area is 87.5 Å². The Hall–Kier alpha value is 0.270. The van der Waals surface area contributed by atoms with Gasteiger partial charge in [0.1, 0.15) is 0 Å². The molecule has 2 nitrogen and oxygen atoms in total. The maximum absolute atomic E-state index is 3.52. The number of rotatable bonds is 7. The molecule has 0 aliphatic heterocycles. The third kappa shape index (κ3) is 7.35. The van der Waals surface area contributed by atoms with Crippen LogP contribution < -0.4 is 5.32 Å². The molecule has 0 aromatic carbocycles. The molecule has 0 spiro atoms. The summed E-state index contributed by atoms with van der Waals surface area (Å²) >= 11 is 1.86. The first-order valence-corrected chi connectivity index (χ1v) is 6.23. The highest BCUT2D eigenvalue weighted by Crippen LogP contribution is 2.16. The highest BCUT2D eigenvalue weighted by Gasteiger charge is 2.13. The molecule has 0 aliphatic rings. The molecule has 0 unspecified atom stereocenters. The van der Waals surface area contributed by atoms with Gasteiger partial charge < -0.3 is 10.2 Å². The van der Waals surface area contributed by atoms with Gasteiger partial charge in [-0.25, -0.2) is 0 Å². The summed E-state index contributed by atoms with van der Waals surface area (Å²) in [5, 5.41) is 3.52. The second-order valence-corrected chi connectivity index (χ2v) is 5.37. The number of nitrogens with one attached hydrogen (secondary N) is 1. The van der Waals surface area contributed by atoms with Crippen molar-refractivity contribution >= 4 is 11.8 Å². The van der Waals surface area contributed by atoms with Crippen LogP contribution in [0.1, 0.15) is 27.2 Å². The number of hydrogen-bond donors (Lipinski definition) is 1. The fourth-order valence-electron chi connectivity index (χ4n) is 1.11.